The van der Waals surface area contributed by atoms with Gasteiger partial charge in [-0.1, -0.05) is 25.2 Å². The predicted molar refractivity (Wildman–Crippen MR) is 68.6 cm³/mol. The maximum atomic E-state index is 3.17. The first-order valence-electron chi connectivity index (χ1n) is 5.53. The fourth-order valence-corrected chi connectivity index (χ4v) is 1.18. The van der Waals surface area contributed by atoms with E-state index < -0.39 is 0 Å². The molecule has 0 aliphatic heterocycles. The van der Waals surface area contributed by atoms with Gasteiger partial charge in [-0.3, -0.25) is 0 Å². The van der Waals surface area contributed by atoms with E-state index in [1.54, 1.807) is 0 Å². The van der Waals surface area contributed by atoms with Gasteiger partial charge in [-0.25, -0.2) is 0 Å². The minimum atomic E-state index is 0.901. The van der Waals surface area contributed by atoms with Crippen LogP contribution in [0.25, 0.3) is 0 Å². The van der Waals surface area contributed by atoms with Crippen LogP contribution in [0.15, 0.2) is 35.7 Å². The van der Waals surface area contributed by atoms with E-state index in [2.05, 4.69) is 62.5 Å². The fraction of sp³-hybridized carbons (Fsp3) is 0.538. The van der Waals surface area contributed by atoms with Crippen molar-refractivity contribution < 1.29 is 0 Å². The molecule has 0 spiro atoms. The van der Waals surface area contributed by atoms with Crippen molar-refractivity contribution in [2.45, 2.75) is 27.2 Å². The molecule has 86 valence electrons. The number of nitrogens with one attached hydrogen (secondary N) is 1. The third-order valence-corrected chi connectivity index (χ3v) is 2.28. The van der Waals surface area contributed by atoms with Gasteiger partial charge in [0.05, 0.1) is 0 Å². The molecule has 0 aliphatic rings. The van der Waals surface area contributed by atoms with Gasteiger partial charge in [0.1, 0.15) is 0 Å². The van der Waals surface area contributed by atoms with E-state index in [4.69, 9.17) is 0 Å². The molecule has 0 unspecified atom stereocenters. The predicted octanol–water partition coefficient (Wildman–Crippen LogP) is 2.91. The average Bonchev–Trinajstić information content (AvgIpc) is 2.24. The zero-order valence-corrected chi connectivity index (χ0v) is 10.7. The van der Waals surface area contributed by atoms with Gasteiger partial charge < -0.3 is 10.2 Å². The van der Waals surface area contributed by atoms with E-state index in [0.717, 1.165) is 13.0 Å². The molecule has 0 aromatic carbocycles. The highest BCUT2D eigenvalue weighted by atomic mass is 15.1. The maximum absolute atomic E-state index is 3.17. The van der Waals surface area contributed by atoms with Gasteiger partial charge in [-0.05, 0) is 32.9 Å². The molecule has 0 atom stereocenters. The van der Waals surface area contributed by atoms with E-state index in [1.807, 2.05) is 7.05 Å². The summed E-state index contributed by atoms with van der Waals surface area (Å²) in [7, 11) is 4.04. The summed E-state index contributed by atoms with van der Waals surface area (Å²) in [5, 5.41) is 3.17. The minimum Gasteiger partial charge on any atom is -0.355 e. The Morgan fingerprint density at radius 3 is 2.53 bits per heavy atom. The number of hydrogen-bond donors (Lipinski definition) is 1. The molecule has 0 saturated carbocycles. The summed E-state index contributed by atoms with van der Waals surface area (Å²) in [6.45, 7) is 7.21. The van der Waals surface area contributed by atoms with Crippen LogP contribution in [-0.4, -0.2) is 25.5 Å². The Balaban J connectivity index is 4.59. The first kappa shape index (κ1) is 14.0. The number of rotatable bonds is 6. The van der Waals surface area contributed by atoms with E-state index in [0.29, 0.717) is 0 Å². The lowest BCUT2D eigenvalue weighted by Gasteiger charge is -2.16. The van der Waals surface area contributed by atoms with Gasteiger partial charge in [-0.15, -0.1) is 0 Å². The van der Waals surface area contributed by atoms with Crippen LogP contribution >= 0.6 is 0 Å². The summed E-state index contributed by atoms with van der Waals surface area (Å²) in [6, 6.07) is 0. The molecule has 0 aromatic heterocycles. The van der Waals surface area contributed by atoms with Crippen molar-refractivity contribution in [2.24, 2.45) is 0 Å². The molecule has 0 rings (SSSR count). The molecule has 0 saturated heterocycles. The highest BCUT2D eigenvalue weighted by Gasteiger charge is 1.96. The lowest BCUT2D eigenvalue weighted by atomic mass is 10.2. The van der Waals surface area contributed by atoms with Gasteiger partial charge in [0, 0.05) is 25.5 Å². The van der Waals surface area contributed by atoms with Crippen LogP contribution in [0.2, 0.25) is 0 Å². The summed E-state index contributed by atoms with van der Waals surface area (Å²) >= 11 is 0. The summed E-state index contributed by atoms with van der Waals surface area (Å²) in [6.07, 6.45) is 9.71. The van der Waals surface area contributed by atoms with Crippen molar-refractivity contribution in [1.29, 1.82) is 0 Å². The fourth-order valence-electron chi connectivity index (χ4n) is 1.18. The molecule has 15 heavy (non-hydrogen) atoms. The number of allylic oxidation sites excluding steroid dienone is 3. The SMILES string of the molecule is C/C=C(\C)N(C)/C=C(\C=C\CC)CNC. The molecule has 1 N–H and O–H groups in total. The van der Waals surface area contributed by atoms with Crippen LogP contribution in [-0.2, 0) is 0 Å². The van der Waals surface area contributed by atoms with Gasteiger partial charge in [0.25, 0.3) is 0 Å². The van der Waals surface area contributed by atoms with Crippen LogP contribution in [0.3, 0.4) is 0 Å². The molecule has 0 fully saturated rings. The van der Waals surface area contributed by atoms with E-state index >= 15 is 0 Å². The maximum Gasteiger partial charge on any atom is 0.0216 e. The normalized spacial score (nSPS) is 13.7. The van der Waals surface area contributed by atoms with Crippen molar-refractivity contribution in [3.05, 3.63) is 35.7 Å². The Labute approximate surface area is 94.4 Å². The molecular formula is C13H24N2. The number of hydrogen-bond acceptors (Lipinski definition) is 2. The van der Waals surface area contributed by atoms with Crippen LogP contribution in [0.4, 0.5) is 0 Å². The molecule has 0 aliphatic carbocycles. The highest BCUT2D eigenvalue weighted by molar-refractivity contribution is 5.21. The third-order valence-electron chi connectivity index (χ3n) is 2.28. The minimum absolute atomic E-state index is 0.901. The van der Waals surface area contributed by atoms with Gasteiger partial charge in [0.2, 0.25) is 0 Å². The first-order valence-corrected chi connectivity index (χ1v) is 5.53. The van der Waals surface area contributed by atoms with Crippen molar-refractivity contribution >= 4 is 0 Å². The largest absolute Gasteiger partial charge is 0.355 e. The van der Waals surface area contributed by atoms with Crippen molar-refractivity contribution in [3.63, 3.8) is 0 Å². The molecule has 2 nitrogen and oxygen atoms in total. The smallest absolute Gasteiger partial charge is 0.0216 e. The van der Waals surface area contributed by atoms with Crippen LogP contribution in [0, 0.1) is 0 Å². The Morgan fingerprint density at radius 1 is 1.40 bits per heavy atom. The molecule has 2 heteroatoms. The average molecular weight is 208 g/mol. The Bertz CT molecular complexity index is 249. The lowest BCUT2D eigenvalue weighted by Crippen LogP contribution is -2.14. The van der Waals surface area contributed by atoms with E-state index in [-0.39, 0.29) is 0 Å². The highest BCUT2D eigenvalue weighted by Crippen LogP contribution is 2.05. The first-order chi connectivity index (χ1) is 7.15. The lowest BCUT2D eigenvalue weighted by molar-refractivity contribution is 0.562. The summed E-state index contributed by atoms with van der Waals surface area (Å²) in [4.78, 5) is 2.15. The zero-order chi connectivity index (χ0) is 11.7. The molecule has 0 heterocycles. The van der Waals surface area contributed by atoms with E-state index in [1.165, 1.54) is 11.3 Å². The van der Waals surface area contributed by atoms with Crippen LogP contribution in [0.5, 0.6) is 0 Å². The Morgan fingerprint density at radius 2 is 2.07 bits per heavy atom. The van der Waals surface area contributed by atoms with Crippen molar-refractivity contribution in [2.75, 3.05) is 20.6 Å². The molecular weight excluding hydrogens is 184 g/mol. The Kier molecular flexibility index (Phi) is 7.74. The number of likely N-dealkylation sites (N-methyl/N-ethyl adjacent to an activating group) is 1. The standard InChI is InChI=1S/C13H24N2/c1-6-8-9-13(10-14-4)11-15(5)12(3)7-2/h7-9,11,14H,6,10H2,1-5H3/b9-8+,12-7+,13-11+. The second-order valence-corrected chi connectivity index (χ2v) is 3.59. The van der Waals surface area contributed by atoms with Gasteiger partial charge in [0.15, 0.2) is 0 Å². The topological polar surface area (TPSA) is 15.3 Å². The number of nitrogens with zero attached hydrogens (tertiary/aromatic N) is 1. The van der Waals surface area contributed by atoms with Crippen molar-refractivity contribution in [1.82, 2.24) is 10.2 Å². The second-order valence-electron chi connectivity index (χ2n) is 3.59. The second kappa shape index (κ2) is 8.30. The summed E-state index contributed by atoms with van der Waals surface area (Å²) < 4.78 is 0. The van der Waals surface area contributed by atoms with Gasteiger partial charge in [-0.2, -0.15) is 0 Å². The molecule has 0 radical (unpaired) electrons. The molecule has 0 amide bonds. The van der Waals surface area contributed by atoms with Crippen LogP contribution in [0.1, 0.15) is 27.2 Å². The third kappa shape index (κ3) is 6.13. The van der Waals surface area contributed by atoms with E-state index in [9.17, 15) is 0 Å². The Hall–Kier alpha value is -1.02. The summed E-state index contributed by atoms with van der Waals surface area (Å²) in [5.74, 6) is 0. The zero-order valence-electron chi connectivity index (χ0n) is 10.7. The quantitative estimate of drug-likeness (QED) is 0.675. The van der Waals surface area contributed by atoms with Crippen molar-refractivity contribution in [3.8, 4) is 0 Å². The monoisotopic (exact) mass is 208 g/mol. The summed E-state index contributed by atoms with van der Waals surface area (Å²) in [5.41, 5.74) is 2.55. The molecule has 0 bridgehead atoms. The molecule has 0 aromatic rings. The van der Waals surface area contributed by atoms with Gasteiger partial charge >= 0.3 is 0 Å². The van der Waals surface area contributed by atoms with Crippen LogP contribution < -0.4 is 5.32 Å².